The minimum absolute atomic E-state index is 0.0447. The number of benzene rings is 1. The zero-order valence-electron chi connectivity index (χ0n) is 12.5. The Balaban J connectivity index is 2.00. The molecule has 0 saturated heterocycles. The van der Waals surface area contributed by atoms with Crippen LogP contribution in [0.5, 0.6) is 0 Å². The largest absolute Gasteiger partial charge is 0.416 e. The lowest BCUT2D eigenvalue weighted by atomic mass is 9.95. The number of rotatable bonds is 3. The number of hydrogen-bond acceptors (Lipinski definition) is 1. The Morgan fingerprint density at radius 3 is 2.29 bits per heavy atom. The molecule has 2 rings (SSSR count). The number of hydrogen-bond donors (Lipinski definition) is 1. The number of alkyl halides is 3. The Bertz CT molecular complexity index is 434. The average molecular weight is 299 g/mol. The minimum Gasteiger partial charge on any atom is -0.307 e. The van der Waals surface area contributed by atoms with Crippen LogP contribution in [0.3, 0.4) is 0 Å². The van der Waals surface area contributed by atoms with E-state index in [1.165, 1.54) is 44.2 Å². The molecule has 0 heterocycles. The molecule has 1 saturated carbocycles. The fourth-order valence-corrected chi connectivity index (χ4v) is 3.06. The van der Waals surface area contributed by atoms with Crippen LogP contribution < -0.4 is 5.32 Å². The molecule has 21 heavy (non-hydrogen) atoms. The number of halogens is 3. The van der Waals surface area contributed by atoms with Crippen molar-refractivity contribution in [3.8, 4) is 0 Å². The van der Waals surface area contributed by atoms with Crippen LogP contribution in [-0.4, -0.2) is 6.04 Å². The van der Waals surface area contributed by atoms with Crippen LogP contribution in [0.2, 0.25) is 0 Å². The second-order valence-corrected chi connectivity index (χ2v) is 6.05. The topological polar surface area (TPSA) is 12.0 Å². The van der Waals surface area contributed by atoms with Gasteiger partial charge in [-0.15, -0.1) is 0 Å². The van der Waals surface area contributed by atoms with E-state index >= 15 is 0 Å². The third kappa shape index (κ3) is 5.03. The van der Waals surface area contributed by atoms with Gasteiger partial charge in [-0.1, -0.05) is 44.2 Å². The van der Waals surface area contributed by atoms with E-state index in [-0.39, 0.29) is 6.04 Å². The quantitative estimate of drug-likeness (QED) is 0.780. The third-order valence-electron chi connectivity index (χ3n) is 4.30. The Morgan fingerprint density at radius 1 is 1.05 bits per heavy atom. The summed E-state index contributed by atoms with van der Waals surface area (Å²) < 4.78 is 38.3. The summed E-state index contributed by atoms with van der Waals surface area (Å²) in [7, 11) is 0. The van der Waals surface area contributed by atoms with Gasteiger partial charge in [0, 0.05) is 12.1 Å². The highest BCUT2D eigenvalue weighted by atomic mass is 19.4. The molecule has 1 atom stereocenters. The minimum atomic E-state index is -4.27. The summed E-state index contributed by atoms with van der Waals surface area (Å²) in [5.74, 6) is 0. The van der Waals surface area contributed by atoms with E-state index in [0.29, 0.717) is 11.6 Å². The predicted octanol–water partition coefficient (Wildman–Crippen LogP) is 5.47. The SMILES string of the molecule is CC(NC1CCCCCCC1)c1cccc(C(F)(F)F)c1. The van der Waals surface area contributed by atoms with Crippen molar-refractivity contribution < 1.29 is 13.2 Å². The van der Waals surface area contributed by atoms with Gasteiger partial charge in [-0.25, -0.2) is 0 Å². The lowest BCUT2D eigenvalue weighted by molar-refractivity contribution is -0.137. The summed E-state index contributed by atoms with van der Waals surface area (Å²) in [6, 6.07) is 6.04. The van der Waals surface area contributed by atoms with Crippen molar-refractivity contribution in [1.82, 2.24) is 5.32 Å². The Labute approximate surface area is 124 Å². The fraction of sp³-hybridized carbons (Fsp3) is 0.647. The smallest absolute Gasteiger partial charge is 0.307 e. The standard InChI is InChI=1S/C17H24F3N/c1-13(21-16-10-5-3-2-4-6-11-16)14-8-7-9-15(12-14)17(18,19)20/h7-9,12-13,16,21H,2-6,10-11H2,1H3. The third-order valence-corrected chi connectivity index (χ3v) is 4.30. The van der Waals surface area contributed by atoms with Crippen LogP contribution in [0.1, 0.15) is 69.0 Å². The Hall–Kier alpha value is -1.03. The van der Waals surface area contributed by atoms with Crippen LogP contribution >= 0.6 is 0 Å². The fourth-order valence-electron chi connectivity index (χ4n) is 3.06. The molecule has 0 radical (unpaired) electrons. The van der Waals surface area contributed by atoms with Gasteiger partial charge >= 0.3 is 6.18 Å². The van der Waals surface area contributed by atoms with Gasteiger partial charge in [-0.05, 0) is 37.5 Å². The van der Waals surface area contributed by atoms with Crippen molar-refractivity contribution in [3.63, 3.8) is 0 Å². The van der Waals surface area contributed by atoms with E-state index in [2.05, 4.69) is 5.32 Å². The van der Waals surface area contributed by atoms with E-state index in [1.54, 1.807) is 6.07 Å². The van der Waals surface area contributed by atoms with E-state index in [1.807, 2.05) is 6.92 Å². The van der Waals surface area contributed by atoms with E-state index in [9.17, 15) is 13.2 Å². The van der Waals surface area contributed by atoms with Crippen molar-refractivity contribution in [2.45, 2.75) is 70.1 Å². The first kappa shape index (κ1) is 16.3. The Kier molecular flexibility index (Phi) is 5.68. The summed E-state index contributed by atoms with van der Waals surface area (Å²) in [6.45, 7) is 1.95. The lowest BCUT2D eigenvalue weighted by Gasteiger charge is -2.25. The van der Waals surface area contributed by atoms with Gasteiger partial charge in [0.05, 0.1) is 5.56 Å². The predicted molar refractivity (Wildman–Crippen MR) is 79.1 cm³/mol. The molecular formula is C17H24F3N. The van der Waals surface area contributed by atoms with Gasteiger partial charge in [0.25, 0.3) is 0 Å². The van der Waals surface area contributed by atoms with Crippen molar-refractivity contribution in [1.29, 1.82) is 0 Å². The maximum atomic E-state index is 12.8. The summed E-state index contributed by atoms with van der Waals surface area (Å²) in [5.41, 5.74) is 0.151. The van der Waals surface area contributed by atoms with Crippen LogP contribution in [-0.2, 0) is 6.18 Å². The van der Waals surface area contributed by atoms with Gasteiger partial charge in [0.1, 0.15) is 0 Å². The average Bonchev–Trinajstić information content (AvgIpc) is 2.41. The lowest BCUT2D eigenvalue weighted by Crippen LogP contribution is -2.32. The van der Waals surface area contributed by atoms with Crippen LogP contribution in [0.15, 0.2) is 24.3 Å². The summed E-state index contributed by atoms with van der Waals surface area (Å²) >= 11 is 0. The zero-order chi connectivity index (χ0) is 15.3. The maximum absolute atomic E-state index is 12.8. The van der Waals surface area contributed by atoms with Gasteiger partial charge < -0.3 is 5.32 Å². The van der Waals surface area contributed by atoms with Crippen LogP contribution in [0.4, 0.5) is 13.2 Å². The molecule has 1 N–H and O–H groups in total. The summed E-state index contributed by atoms with van der Waals surface area (Å²) in [6.07, 6.45) is 4.28. The molecular weight excluding hydrogens is 275 g/mol. The second kappa shape index (κ2) is 7.30. The summed E-state index contributed by atoms with van der Waals surface area (Å²) in [4.78, 5) is 0. The van der Waals surface area contributed by atoms with E-state index in [0.717, 1.165) is 18.9 Å². The molecule has 0 aromatic heterocycles. The van der Waals surface area contributed by atoms with Crippen LogP contribution in [0.25, 0.3) is 0 Å². The molecule has 1 aromatic rings. The molecule has 1 nitrogen and oxygen atoms in total. The highest BCUT2D eigenvalue weighted by molar-refractivity contribution is 5.27. The van der Waals surface area contributed by atoms with E-state index in [4.69, 9.17) is 0 Å². The number of nitrogens with one attached hydrogen (secondary N) is 1. The molecule has 1 unspecified atom stereocenters. The summed E-state index contributed by atoms with van der Waals surface area (Å²) in [5, 5.41) is 3.51. The first-order valence-electron chi connectivity index (χ1n) is 7.90. The van der Waals surface area contributed by atoms with Crippen molar-refractivity contribution in [3.05, 3.63) is 35.4 Å². The molecule has 1 fully saturated rings. The molecule has 0 bridgehead atoms. The highest BCUT2D eigenvalue weighted by Gasteiger charge is 2.30. The first-order chi connectivity index (χ1) is 9.97. The highest BCUT2D eigenvalue weighted by Crippen LogP contribution is 2.31. The van der Waals surface area contributed by atoms with Gasteiger partial charge in [-0.3, -0.25) is 0 Å². The molecule has 1 aliphatic carbocycles. The van der Waals surface area contributed by atoms with E-state index < -0.39 is 11.7 Å². The van der Waals surface area contributed by atoms with Crippen molar-refractivity contribution >= 4 is 0 Å². The molecule has 0 spiro atoms. The maximum Gasteiger partial charge on any atom is 0.416 e. The van der Waals surface area contributed by atoms with Crippen molar-refractivity contribution in [2.24, 2.45) is 0 Å². The molecule has 0 amide bonds. The Morgan fingerprint density at radius 2 is 1.67 bits per heavy atom. The molecule has 4 heteroatoms. The van der Waals surface area contributed by atoms with Gasteiger partial charge in [0.2, 0.25) is 0 Å². The first-order valence-corrected chi connectivity index (χ1v) is 7.90. The van der Waals surface area contributed by atoms with Crippen LogP contribution in [0, 0.1) is 0 Å². The normalized spacial score (nSPS) is 19.8. The zero-order valence-corrected chi connectivity index (χ0v) is 12.5. The monoisotopic (exact) mass is 299 g/mol. The van der Waals surface area contributed by atoms with Crippen molar-refractivity contribution in [2.75, 3.05) is 0 Å². The molecule has 1 aromatic carbocycles. The van der Waals surface area contributed by atoms with Gasteiger partial charge in [-0.2, -0.15) is 13.2 Å². The van der Waals surface area contributed by atoms with Gasteiger partial charge in [0.15, 0.2) is 0 Å². The molecule has 1 aliphatic rings. The molecule has 0 aliphatic heterocycles. The second-order valence-electron chi connectivity index (χ2n) is 6.05. The molecule has 118 valence electrons.